The van der Waals surface area contributed by atoms with E-state index < -0.39 is 5.97 Å². The number of amides is 2. The third-order valence-corrected chi connectivity index (χ3v) is 3.76. The molecule has 1 aliphatic rings. The molecule has 0 unspecified atom stereocenters. The van der Waals surface area contributed by atoms with Crippen LogP contribution in [0.3, 0.4) is 0 Å². The number of nitrogens with zero attached hydrogens (tertiary/aromatic N) is 1. The van der Waals surface area contributed by atoms with E-state index >= 15 is 0 Å². The number of phenolic OH excluding ortho intramolecular Hbond substituents is 1. The summed E-state index contributed by atoms with van der Waals surface area (Å²) in [6.45, 7) is 1.47. The van der Waals surface area contributed by atoms with Crippen molar-refractivity contribution in [1.29, 1.82) is 0 Å². The van der Waals surface area contributed by atoms with Crippen molar-refractivity contribution < 1.29 is 19.8 Å². The second-order valence-corrected chi connectivity index (χ2v) is 5.23. The van der Waals surface area contributed by atoms with E-state index in [1.165, 1.54) is 5.56 Å². The molecule has 0 aliphatic carbocycles. The summed E-state index contributed by atoms with van der Waals surface area (Å²) in [5, 5.41) is 20.4. The zero-order valence-electron chi connectivity index (χ0n) is 11.8. The fourth-order valence-electron chi connectivity index (χ4n) is 2.55. The Morgan fingerprint density at radius 2 is 1.81 bits per heavy atom. The predicted octanol–water partition coefficient (Wildman–Crippen LogP) is 1.76. The molecule has 0 saturated carbocycles. The Labute approximate surface area is 123 Å². The minimum atomic E-state index is -0.915. The molecule has 1 aromatic carbocycles. The minimum Gasteiger partial charge on any atom is -0.508 e. The van der Waals surface area contributed by atoms with Gasteiger partial charge in [-0.3, -0.25) is 4.79 Å². The average molecular weight is 292 g/mol. The standard InChI is InChI=1S/C15H20N2O4/c18-13-3-1-11(2-4-13)12-6-9-17(10-7-12)15(21)16-8-5-14(19)20/h1-4,12,18H,5-10H2,(H,16,21)(H,19,20). The summed E-state index contributed by atoms with van der Waals surface area (Å²) < 4.78 is 0. The van der Waals surface area contributed by atoms with E-state index in [0.29, 0.717) is 19.0 Å². The van der Waals surface area contributed by atoms with Gasteiger partial charge in [0, 0.05) is 19.6 Å². The highest BCUT2D eigenvalue weighted by atomic mass is 16.4. The first kappa shape index (κ1) is 15.2. The van der Waals surface area contributed by atoms with E-state index in [2.05, 4.69) is 5.32 Å². The molecule has 1 saturated heterocycles. The summed E-state index contributed by atoms with van der Waals surface area (Å²) >= 11 is 0. The van der Waals surface area contributed by atoms with Gasteiger partial charge in [-0.25, -0.2) is 4.79 Å². The van der Waals surface area contributed by atoms with Gasteiger partial charge in [0.15, 0.2) is 0 Å². The Kier molecular flexibility index (Phi) is 5.03. The smallest absolute Gasteiger partial charge is 0.317 e. The highest BCUT2D eigenvalue weighted by Gasteiger charge is 2.23. The number of carbonyl (C=O) groups excluding carboxylic acids is 1. The van der Waals surface area contributed by atoms with Crippen LogP contribution < -0.4 is 5.32 Å². The van der Waals surface area contributed by atoms with Crippen LogP contribution in [0.5, 0.6) is 5.75 Å². The van der Waals surface area contributed by atoms with Gasteiger partial charge in [-0.05, 0) is 36.5 Å². The van der Waals surface area contributed by atoms with E-state index in [9.17, 15) is 14.7 Å². The predicted molar refractivity (Wildman–Crippen MR) is 77.3 cm³/mol. The first-order valence-corrected chi connectivity index (χ1v) is 7.10. The Balaban J connectivity index is 1.78. The molecule has 1 heterocycles. The second kappa shape index (κ2) is 6.97. The van der Waals surface area contributed by atoms with E-state index in [4.69, 9.17) is 5.11 Å². The lowest BCUT2D eigenvalue weighted by molar-refractivity contribution is -0.136. The molecule has 2 rings (SSSR count). The maximum atomic E-state index is 11.9. The van der Waals surface area contributed by atoms with Gasteiger partial charge < -0.3 is 20.4 Å². The highest BCUT2D eigenvalue weighted by molar-refractivity contribution is 5.75. The van der Waals surface area contributed by atoms with Crippen LogP contribution in [0.1, 0.15) is 30.7 Å². The zero-order valence-corrected chi connectivity index (χ0v) is 11.8. The molecule has 6 heteroatoms. The van der Waals surface area contributed by atoms with E-state index in [1.54, 1.807) is 17.0 Å². The lowest BCUT2D eigenvalue weighted by Crippen LogP contribution is -2.44. The number of phenols is 1. The summed E-state index contributed by atoms with van der Waals surface area (Å²) in [6, 6.07) is 7.01. The first-order valence-electron chi connectivity index (χ1n) is 7.10. The third kappa shape index (κ3) is 4.37. The maximum Gasteiger partial charge on any atom is 0.317 e. The SMILES string of the molecule is O=C(O)CCNC(=O)N1CCC(c2ccc(O)cc2)CC1. The number of aliphatic carboxylic acids is 1. The highest BCUT2D eigenvalue weighted by Crippen LogP contribution is 2.28. The summed E-state index contributed by atoms with van der Waals surface area (Å²) in [5.74, 6) is -0.260. The van der Waals surface area contributed by atoms with Crippen LogP contribution in [0.25, 0.3) is 0 Å². The maximum absolute atomic E-state index is 11.9. The van der Waals surface area contributed by atoms with Gasteiger partial charge in [0.1, 0.15) is 5.75 Å². The molecule has 114 valence electrons. The van der Waals surface area contributed by atoms with Crippen molar-refractivity contribution in [2.24, 2.45) is 0 Å². The number of carboxylic acids is 1. The van der Waals surface area contributed by atoms with Gasteiger partial charge in [-0.15, -0.1) is 0 Å². The molecule has 1 aliphatic heterocycles. The summed E-state index contributed by atoms with van der Waals surface area (Å²) in [6.07, 6.45) is 1.68. The van der Waals surface area contributed by atoms with Crippen LogP contribution in [0.4, 0.5) is 4.79 Å². The molecule has 0 atom stereocenters. The fourth-order valence-corrected chi connectivity index (χ4v) is 2.55. The van der Waals surface area contributed by atoms with Crippen molar-refractivity contribution in [3.63, 3.8) is 0 Å². The number of urea groups is 1. The number of likely N-dealkylation sites (tertiary alicyclic amines) is 1. The van der Waals surface area contributed by atoms with Crippen molar-refractivity contribution >= 4 is 12.0 Å². The van der Waals surface area contributed by atoms with Crippen LogP contribution in [-0.2, 0) is 4.79 Å². The van der Waals surface area contributed by atoms with Gasteiger partial charge in [0.05, 0.1) is 6.42 Å². The number of benzene rings is 1. The number of carbonyl (C=O) groups is 2. The number of piperidine rings is 1. The molecule has 0 radical (unpaired) electrons. The van der Waals surface area contributed by atoms with Gasteiger partial charge in [-0.2, -0.15) is 0 Å². The molecular weight excluding hydrogens is 272 g/mol. The average Bonchev–Trinajstić information content (AvgIpc) is 2.48. The molecule has 0 spiro atoms. The number of hydrogen-bond donors (Lipinski definition) is 3. The van der Waals surface area contributed by atoms with Crippen molar-refractivity contribution in [2.75, 3.05) is 19.6 Å². The van der Waals surface area contributed by atoms with Crippen molar-refractivity contribution in [2.45, 2.75) is 25.2 Å². The Hall–Kier alpha value is -2.24. The second-order valence-electron chi connectivity index (χ2n) is 5.23. The van der Waals surface area contributed by atoms with E-state index in [-0.39, 0.29) is 24.7 Å². The molecule has 21 heavy (non-hydrogen) atoms. The molecule has 0 aromatic heterocycles. The number of aromatic hydroxyl groups is 1. The fraction of sp³-hybridized carbons (Fsp3) is 0.467. The Morgan fingerprint density at radius 1 is 1.19 bits per heavy atom. The molecule has 1 aromatic rings. The van der Waals surface area contributed by atoms with Crippen LogP contribution in [0.15, 0.2) is 24.3 Å². The number of carboxylic acid groups (broad SMARTS) is 1. The lowest BCUT2D eigenvalue weighted by Gasteiger charge is -2.32. The normalized spacial score (nSPS) is 15.7. The largest absolute Gasteiger partial charge is 0.508 e. The van der Waals surface area contributed by atoms with Crippen molar-refractivity contribution in [3.05, 3.63) is 29.8 Å². The Morgan fingerprint density at radius 3 is 2.38 bits per heavy atom. The Bertz CT molecular complexity index is 493. The van der Waals surface area contributed by atoms with Gasteiger partial charge in [-0.1, -0.05) is 12.1 Å². The molecule has 6 nitrogen and oxygen atoms in total. The van der Waals surface area contributed by atoms with Gasteiger partial charge in [0.2, 0.25) is 0 Å². The summed E-state index contributed by atoms with van der Waals surface area (Å²) in [5.41, 5.74) is 1.18. The molecule has 1 fully saturated rings. The molecule has 2 amide bonds. The van der Waals surface area contributed by atoms with Crippen LogP contribution in [-0.4, -0.2) is 46.7 Å². The molecule has 3 N–H and O–H groups in total. The van der Waals surface area contributed by atoms with Crippen molar-refractivity contribution in [1.82, 2.24) is 10.2 Å². The number of hydrogen-bond acceptors (Lipinski definition) is 3. The van der Waals surface area contributed by atoms with Crippen LogP contribution in [0, 0.1) is 0 Å². The lowest BCUT2D eigenvalue weighted by atomic mass is 9.89. The molecule has 0 bridgehead atoms. The third-order valence-electron chi connectivity index (χ3n) is 3.76. The topological polar surface area (TPSA) is 89.9 Å². The number of rotatable bonds is 4. The molecular formula is C15H20N2O4. The number of nitrogens with one attached hydrogen (secondary N) is 1. The van der Waals surface area contributed by atoms with Crippen molar-refractivity contribution in [3.8, 4) is 5.75 Å². The van der Waals surface area contributed by atoms with Crippen LogP contribution >= 0.6 is 0 Å². The first-order chi connectivity index (χ1) is 10.1. The zero-order chi connectivity index (χ0) is 15.2. The van der Waals surface area contributed by atoms with E-state index in [0.717, 1.165) is 12.8 Å². The summed E-state index contributed by atoms with van der Waals surface area (Å²) in [4.78, 5) is 24.0. The van der Waals surface area contributed by atoms with Crippen LogP contribution in [0.2, 0.25) is 0 Å². The minimum absolute atomic E-state index is 0.0598. The van der Waals surface area contributed by atoms with Gasteiger partial charge >= 0.3 is 12.0 Å². The monoisotopic (exact) mass is 292 g/mol. The quantitative estimate of drug-likeness (QED) is 0.788. The summed E-state index contributed by atoms with van der Waals surface area (Å²) in [7, 11) is 0. The van der Waals surface area contributed by atoms with E-state index in [1.807, 2.05) is 12.1 Å². The van der Waals surface area contributed by atoms with Gasteiger partial charge in [0.25, 0.3) is 0 Å².